The van der Waals surface area contributed by atoms with Crippen LogP contribution in [0.4, 0.5) is 5.82 Å². The van der Waals surface area contributed by atoms with Gasteiger partial charge in [0.05, 0.1) is 11.6 Å². The SMILES string of the molecule is NC(=O)COC(=O)CCCC1CCN(c2nccc3occc23)CC1. The van der Waals surface area contributed by atoms with E-state index in [0.717, 1.165) is 55.6 Å². The maximum absolute atomic E-state index is 11.5. The first-order valence-electron chi connectivity index (χ1n) is 8.64. The molecule has 7 heteroatoms. The second-order valence-corrected chi connectivity index (χ2v) is 6.42. The predicted octanol–water partition coefficient (Wildman–Crippen LogP) is 2.24. The molecular formula is C18H23N3O4. The summed E-state index contributed by atoms with van der Waals surface area (Å²) in [6.07, 6.45) is 7.73. The molecule has 25 heavy (non-hydrogen) atoms. The summed E-state index contributed by atoms with van der Waals surface area (Å²) < 4.78 is 10.2. The van der Waals surface area contributed by atoms with Gasteiger partial charge in [-0.2, -0.15) is 0 Å². The van der Waals surface area contributed by atoms with Crippen LogP contribution in [0.1, 0.15) is 32.1 Å². The van der Waals surface area contributed by atoms with Crippen molar-refractivity contribution in [3.8, 4) is 0 Å². The van der Waals surface area contributed by atoms with Gasteiger partial charge in [0.15, 0.2) is 6.61 Å². The van der Waals surface area contributed by atoms with E-state index >= 15 is 0 Å². The van der Waals surface area contributed by atoms with Gasteiger partial charge in [-0.05, 0) is 43.7 Å². The quantitative estimate of drug-likeness (QED) is 0.773. The van der Waals surface area contributed by atoms with Crippen LogP contribution in [0.2, 0.25) is 0 Å². The lowest BCUT2D eigenvalue weighted by Crippen LogP contribution is -2.34. The third-order valence-corrected chi connectivity index (χ3v) is 4.64. The van der Waals surface area contributed by atoms with Crippen molar-refractivity contribution in [3.63, 3.8) is 0 Å². The summed E-state index contributed by atoms with van der Waals surface area (Å²) >= 11 is 0. The first kappa shape index (κ1) is 17.3. The Bertz CT molecular complexity index is 735. The van der Waals surface area contributed by atoms with Crippen LogP contribution in [0, 0.1) is 5.92 Å². The molecule has 0 aromatic carbocycles. The summed E-state index contributed by atoms with van der Waals surface area (Å²) in [7, 11) is 0. The van der Waals surface area contributed by atoms with Crippen LogP contribution in [0.5, 0.6) is 0 Å². The topological polar surface area (TPSA) is 98.7 Å². The van der Waals surface area contributed by atoms with Crippen molar-refractivity contribution >= 4 is 28.7 Å². The predicted molar refractivity (Wildman–Crippen MR) is 93.0 cm³/mol. The van der Waals surface area contributed by atoms with Gasteiger partial charge in [0.2, 0.25) is 0 Å². The molecule has 0 spiro atoms. The van der Waals surface area contributed by atoms with Crippen molar-refractivity contribution in [2.75, 3.05) is 24.6 Å². The zero-order valence-corrected chi connectivity index (χ0v) is 14.1. The van der Waals surface area contributed by atoms with Crippen molar-refractivity contribution < 1.29 is 18.7 Å². The Labute approximate surface area is 146 Å². The highest BCUT2D eigenvalue weighted by Crippen LogP contribution is 2.30. The van der Waals surface area contributed by atoms with Gasteiger partial charge in [-0.15, -0.1) is 0 Å². The van der Waals surface area contributed by atoms with E-state index in [1.54, 1.807) is 12.5 Å². The number of anilines is 1. The number of rotatable bonds is 7. The zero-order chi connectivity index (χ0) is 17.6. The van der Waals surface area contributed by atoms with Crippen LogP contribution in [0.15, 0.2) is 29.0 Å². The fourth-order valence-electron chi connectivity index (χ4n) is 3.32. The molecule has 3 rings (SSSR count). The van der Waals surface area contributed by atoms with E-state index in [1.165, 1.54) is 0 Å². The molecule has 0 unspecified atom stereocenters. The first-order chi connectivity index (χ1) is 12.1. The molecule has 2 aromatic heterocycles. The Morgan fingerprint density at radius 3 is 2.88 bits per heavy atom. The average molecular weight is 345 g/mol. The smallest absolute Gasteiger partial charge is 0.306 e. The van der Waals surface area contributed by atoms with E-state index in [4.69, 9.17) is 14.9 Å². The number of carbonyl (C=O) groups excluding carboxylic acids is 2. The number of carbonyl (C=O) groups is 2. The number of furan rings is 1. The van der Waals surface area contributed by atoms with Gasteiger partial charge in [-0.1, -0.05) is 0 Å². The number of aromatic nitrogens is 1. The number of nitrogens with two attached hydrogens (primary N) is 1. The number of hydrogen-bond acceptors (Lipinski definition) is 6. The van der Waals surface area contributed by atoms with Crippen LogP contribution in [-0.4, -0.2) is 36.6 Å². The average Bonchev–Trinajstić information content (AvgIpc) is 3.09. The Hall–Kier alpha value is -2.57. The number of hydrogen-bond donors (Lipinski definition) is 1. The second kappa shape index (κ2) is 8.00. The fraction of sp³-hybridized carbons (Fsp3) is 0.500. The molecule has 0 atom stereocenters. The summed E-state index contributed by atoms with van der Waals surface area (Å²) in [5.41, 5.74) is 5.81. The maximum atomic E-state index is 11.5. The third-order valence-electron chi connectivity index (χ3n) is 4.64. The molecule has 2 N–H and O–H groups in total. The number of amides is 1. The van der Waals surface area contributed by atoms with Gasteiger partial charge in [-0.3, -0.25) is 9.59 Å². The molecule has 7 nitrogen and oxygen atoms in total. The number of ether oxygens (including phenoxy) is 1. The molecule has 134 valence electrons. The van der Waals surface area contributed by atoms with Crippen LogP contribution in [0.3, 0.4) is 0 Å². The van der Waals surface area contributed by atoms with Crippen molar-refractivity contribution in [3.05, 3.63) is 24.6 Å². The highest BCUT2D eigenvalue weighted by Gasteiger charge is 2.22. The molecule has 3 heterocycles. The highest BCUT2D eigenvalue weighted by molar-refractivity contribution is 5.88. The third kappa shape index (κ3) is 4.49. The highest BCUT2D eigenvalue weighted by atomic mass is 16.5. The Balaban J connectivity index is 1.42. The van der Waals surface area contributed by atoms with Crippen LogP contribution >= 0.6 is 0 Å². The number of fused-ring (bicyclic) bond motifs is 1. The molecular weight excluding hydrogens is 322 g/mol. The van der Waals surface area contributed by atoms with Gasteiger partial charge in [0.25, 0.3) is 5.91 Å². The normalized spacial score (nSPS) is 15.4. The first-order valence-corrected chi connectivity index (χ1v) is 8.64. The molecule has 0 radical (unpaired) electrons. The van der Waals surface area contributed by atoms with E-state index in [2.05, 4.69) is 9.88 Å². The van der Waals surface area contributed by atoms with E-state index in [9.17, 15) is 9.59 Å². The number of nitrogens with zero attached hydrogens (tertiary/aromatic N) is 2. The lowest BCUT2D eigenvalue weighted by molar-refractivity contribution is -0.147. The second-order valence-electron chi connectivity index (χ2n) is 6.42. The minimum Gasteiger partial charge on any atom is -0.464 e. The monoisotopic (exact) mass is 345 g/mol. The summed E-state index contributed by atoms with van der Waals surface area (Å²) in [5.74, 6) is 0.609. The fourth-order valence-corrected chi connectivity index (χ4v) is 3.32. The summed E-state index contributed by atoms with van der Waals surface area (Å²) in [6.45, 7) is 1.58. The van der Waals surface area contributed by atoms with E-state index < -0.39 is 5.91 Å². The Morgan fingerprint density at radius 2 is 2.12 bits per heavy atom. The molecule has 1 aliphatic heterocycles. The van der Waals surface area contributed by atoms with Gasteiger partial charge >= 0.3 is 5.97 Å². The lowest BCUT2D eigenvalue weighted by Gasteiger charge is -2.33. The van der Waals surface area contributed by atoms with Gasteiger partial charge in [0.1, 0.15) is 11.4 Å². The standard InChI is InChI=1S/C18H23N3O4/c19-16(22)12-25-17(23)3-1-2-13-5-9-21(10-6-13)18-14-7-11-24-15(14)4-8-20-18/h4,7-8,11,13H,1-3,5-6,9-10,12H2,(H2,19,22). The zero-order valence-electron chi connectivity index (χ0n) is 14.1. The number of primary amides is 1. The van der Waals surface area contributed by atoms with E-state index in [1.807, 2.05) is 12.1 Å². The van der Waals surface area contributed by atoms with Crippen molar-refractivity contribution in [2.24, 2.45) is 11.7 Å². The molecule has 0 saturated carbocycles. The van der Waals surface area contributed by atoms with Crippen molar-refractivity contribution in [1.29, 1.82) is 0 Å². The van der Waals surface area contributed by atoms with Gasteiger partial charge in [0, 0.05) is 25.7 Å². The molecule has 1 fully saturated rings. The molecule has 1 amide bonds. The summed E-state index contributed by atoms with van der Waals surface area (Å²) in [4.78, 5) is 28.9. The lowest BCUT2D eigenvalue weighted by atomic mass is 9.91. The molecule has 1 saturated heterocycles. The van der Waals surface area contributed by atoms with Crippen LogP contribution in [-0.2, 0) is 14.3 Å². The molecule has 0 bridgehead atoms. The molecule has 2 aromatic rings. The maximum Gasteiger partial charge on any atom is 0.306 e. The minimum absolute atomic E-state index is 0.330. The molecule has 1 aliphatic rings. The largest absolute Gasteiger partial charge is 0.464 e. The Kier molecular flexibility index (Phi) is 5.53. The summed E-state index contributed by atoms with van der Waals surface area (Å²) in [5, 5.41) is 1.05. The van der Waals surface area contributed by atoms with E-state index in [-0.39, 0.29) is 12.6 Å². The van der Waals surface area contributed by atoms with Gasteiger partial charge < -0.3 is 19.8 Å². The summed E-state index contributed by atoms with van der Waals surface area (Å²) in [6, 6.07) is 3.84. The Morgan fingerprint density at radius 1 is 1.32 bits per heavy atom. The van der Waals surface area contributed by atoms with Crippen molar-refractivity contribution in [1.82, 2.24) is 4.98 Å². The van der Waals surface area contributed by atoms with Crippen LogP contribution < -0.4 is 10.6 Å². The van der Waals surface area contributed by atoms with Gasteiger partial charge in [-0.25, -0.2) is 4.98 Å². The number of pyridine rings is 1. The number of esters is 1. The van der Waals surface area contributed by atoms with Crippen molar-refractivity contribution in [2.45, 2.75) is 32.1 Å². The number of piperidine rings is 1. The van der Waals surface area contributed by atoms with E-state index in [0.29, 0.717) is 12.3 Å². The molecule has 0 aliphatic carbocycles. The minimum atomic E-state index is -0.623. The van der Waals surface area contributed by atoms with Crippen LogP contribution in [0.25, 0.3) is 11.0 Å².